The van der Waals surface area contributed by atoms with E-state index in [9.17, 15) is 9.59 Å². The van der Waals surface area contributed by atoms with Gasteiger partial charge in [-0.05, 0) is 18.8 Å². The Morgan fingerprint density at radius 1 is 1.36 bits per heavy atom. The van der Waals surface area contributed by atoms with Crippen molar-refractivity contribution >= 4 is 11.9 Å². The largest absolute Gasteiger partial charge is 0.480 e. The summed E-state index contributed by atoms with van der Waals surface area (Å²) in [5.74, 6) is -2.33. The van der Waals surface area contributed by atoms with Gasteiger partial charge in [-0.3, -0.25) is 4.79 Å². The van der Waals surface area contributed by atoms with Crippen molar-refractivity contribution in [2.75, 3.05) is 6.61 Å². The highest BCUT2D eigenvalue weighted by Crippen LogP contribution is 2.29. The van der Waals surface area contributed by atoms with E-state index in [-0.39, 0.29) is 6.61 Å². The summed E-state index contributed by atoms with van der Waals surface area (Å²) in [6.45, 7) is 0.276. The first-order chi connectivity index (χ1) is 6.52. The summed E-state index contributed by atoms with van der Waals surface area (Å²) in [7, 11) is 0. The molecule has 4 N–H and O–H groups in total. The predicted molar refractivity (Wildman–Crippen MR) is 45.7 cm³/mol. The fourth-order valence-corrected chi connectivity index (χ4v) is 0.982. The van der Waals surface area contributed by atoms with Gasteiger partial charge in [0.05, 0.1) is 6.61 Å². The van der Waals surface area contributed by atoms with Crippen LogP contribution in [0.4, 0.5) is 0 Å². The quantitative estimate of drug-likeness (QED) is 0.525. The molecule has 1 aliphatic rings. The summed E-state index contributed by atoms with van der Waals surface area (Å²) >= 11 is 0. The average Bonchev–Trinajstić information content (AvgIpc) is 2.87. The molecule has 14 heavy (non-hydrogen) atoms. The third kappa shape index (κ3) is 2.97. The number of carbonyl (C=O) groups is 2. The van der Waals surface area contributed by atoms with E-state index in [0.717, 1.165) is 12.8 Å². The van der Waals surface area contributed by atoms with Crippen LogP contribution in [0.2, 0.25) is 0 Å². The molecule has 1 rings (SSSR count). The highest BCUT2D eigenvalue weighted by molar-refractivity contribution is 5.84. The van der Waals surface area contributed by atoms with Crippen LogP contribution >= 0.6 is 0 Å². The second-order valence-electron chi connectivity index (χ2n) is 3.40. The van der Waals surface area contributed by atoms with E-state index in [4.69, 9.17) is 20.7 Å². The molecule has 0 amide bonds. The number of ether oxygens (including phenoxy) is 1. The Labute approximate surface area is 80.7 Å². The first-order valence-electron chi connectivity index (χ1n) is 4.35. The fraction of sp³-hybridized carbons (Fsp3) is 0.750. The van der Waals surface area contributed by atoms with Gasteiger partial charge < -0.3 is 20.7 Å². The molecule has 0 bridgehead atoms. The molecule has 0 aromatic heterocycles. The Balaban J connectivity index is 2.44. The molecule has 0 unspecified atom stereocenters. The van der Waals surface area contributed by atoms with Crippen LogP contribution in [0.25, 0.3) is 0 Å². The molecular formula is C8H13NO5. The van der Waals surface area contributed by atoms with Crippen LogP contribution < -0.4 is 5.73 Å². The van der Waals surface area contributed by atoms with Crippen molar-refractivity contribution in [2.24, 2.45) is 11.7 Å². The van der Waals surface area contributed by atoms with Gasteiger partial charge in [0, 0.05) is 0 Å². The number of carboxylic acid groups (broad SMARTS) is 2. The van der Waals surface area contributed by atoms with Gasteiger partial charge in [-0.2, -0.15) is 0 Å². The minimum Gasteiger partial charge on any atom is -0.480 e. The fourth-order valence-electron chi connectivity index (χ4n) is 0.982. The van der Waals surface area contributed by atoms with E-state index < -0.39 is 24.1 Å². The molecule has 1 fully saturated rings. The van der Waals surface area contributed by atoms with Crippen LogP contribution in [0.3, 0.4) is 0 Å². The topological polar surface area (TPSA) is 110 Å². The van der Waals surface area contributed by atoms with Gasteiger partial charge in [0.1, 0.15) is 6.04 Å². The van der Waals surface area contributed by atoms with Gasteiger partial charge in [0.25, 0.3) is 0 Å². The SMILES string of the molecule is N[C@@H](C(=O)O)[C@H](OCC1CC1)C(=O)O. The molecule has 0 aromatic rings. The van der Waals surface area contributed by atoms with E-state index in [1.165, 1.54) is 0 Å². The Morgan fingerprint density at radius 3 is 2.29 bits per heavy atom. The minimum atomic E-state index is -1.51. The summed E-state index contributed by atoms with van der Waals surface area (Å²) in [6, 6.07) is -1.51. The molecule has 80 valence electrons. The highest BCUT2D eigenvalue weighted by Gasteiger charge is 2.33. The molecule has 0 radical (unpaired) electrons. The summed E-state index contributed by atoms with van der Waals surface area (Å²) in [4.78, 5) is 21.0. The van der Waals surface area contributed by atoms with E-state index in [2.05, 4.69) is 0 Å². The van der Waals surface area contributed by atoms with Crippen LogP contribution in [0, 0.1) is 5.92 Å². The summed E-state index contributed by atoms with van der Waals surface area (Å²) < 4.78 is 4.95. The predicted octanol–water partition coefficient (Wildman–Crippen LogP) is -0.722. The Morgan fingerprint density at radius 2 is 1.93 bits per heavy atom. The maximum absolute atomic E-state index is 10.6. The second-order valence-corrected chi connectivity index (χ2v) is 3.40. The Kier molecular flexibility index (Phi) is 3.43. The molecule has 2 atom stereocenters. The number of carboxylic acids is 2. The molecule has 0 saturated heterocycles. The lowest BCUT2D eigenvalue weighted by atomic mass is 10.2. The molecular weight excluding hydrogens is 190 g/mol. The lowest BCUT2D eigenvalue weighted by Crippen LogP contribution is -2.48. The lowest BCUT2D eigenvalue weighted by Gasteiger charge is -2.16. The van der Waals surface area contributed by atoms with Crippen molar-refractivity contribution in [1.82, 2.24) is 0 Å². The molecule has 0 spiro atoms. The average molecular weight is 203 g/mol. The van der Waals surface area contributed by atoms with Gasteiger partial charge in [0.2, 0.25) is 0 Å². The van der Waals surface area contributed by atoms with Gasteiger partial charge >= 0.3 is 11.9 Å². The monoisotopic (exact) mass is 203 g/mol. The zero-order valence-electron chi connectivity index (χ0n) is 7.55. The molecule has 6 nitrogen and oxygen atoms in total. The molecule has 0 aliphatic heterocycles. The van der Waals surface area contributed by atoms with Gasteiger partial charge in [-0.15, -0.1) is 0 Å². The smallest absolute Gasteiger partial charge is 0.335 e. The number of nitrogens with two attached hydrogens (primary N) is 1. The molecule has 6 heteroatoms. The molecule has 0 aromatic carbocycles. The number of rotatable bonds is 6. The molecule has 0 heterocycles. The zero-order valence-corrected chi connectivity index (χ0v) is 7.55. The van der Waals surface area contributed by atoms with Crippen molar-refractivity contribution in [1.29, 1.82) is 0 Å². The number of hydrogen-bond donors (Lipinski definition) is 3. The first kappa shape index (κ1) is 10.9. The normalized spacial score (nSPS) is 20.1. The highest BCUT2D eigenvalue weighted by atomic mass is 16.5. The summed E-state index contributed by atoms with van der Waals surface area (Å²) in [5, 5.41) is 17.2. The van der Waals surface area contributed by atoms with Crippen molar-refractivity contribution in [3.8, 4) is 0 Å². The van der Waals surface area contributed by atoms with Gasteiger partial charge in [-0.25, -0.2) is 4.79 Å². The van der Waals surface area contributed by atoms with Crippen molar-refractivity contribution in [3.05, 3.63) is 0 Å². The maximum atomic E-state index is 10.6. The molecule has 1 saturated carbocycles. The second kappa shape index (κ2) is 4.39. The maximum Gasteiger partial charge on any atom is 0.335 e. The van der Waals surface area contributed by atoms with Crippen LogP contribution in [0.15, 0.2) is 0 Å². The van der Waals surface area contributed by atoms with Gasteiger partial charge in [-0.1, -0.05) is 0 Å². The standard InChI is InChI=1S/C8H13NO5/c9-5(7(10)11)6(8(12)13)14-3-4-1-2-4/h4-6H,1-3,9H2,(H,10,11)(H,12,13)/t5-,6+/m1/s1. The Hall–Kier alpha value is -1.14. The number of hydrogen-bond acceptors (Lipinski definition) is 4. The van der Waals surface area contributed by atoms with Crippen molar-refractivity contribution in [3.63, 3.8) is 0 Å². The van der Waals surface area contributed by atoms with E-state index in [1.54, 1.807) is 0 Å². The lowest BCUT2D eigenvalue weighted by molar-refractivity contribution is -0.159. The summed E-state index contributed by atoms with van der Waals surface area (Å²) in [6.07, 6.45) is 0.566. The van der Waals surface area contributed by atoms with Crippen molar-refractivity contribution in [2.45, 2.75) is 25.0 Å². The van der Waals surface area contributed by atoms with Crippen LogP contribution in [-0.2, 0) is 14.3 Å². The van der Waals surface area contributed by atoms with Crippen LogP contribution in [0.1, 0.15) is 12.8 Å². The third-order valence-corrected chi connectivity index (χ3v) is 2.06. The van der Waals surface area contributed by atoms with E-state index >= 15 is 0 Å². The summed E-state index contributed by atoms with van der Waals surface area (Å²) in [5.41, 5.74) is 5.16. The van der Waals surface area contributed by atoms with Gasteiger partial charge in [0.15, 0.2) is 6.10 Å². The minimum absolute atomic E-state index is 0.276. The van der Waals surface area contributed by atoms with Crippen molar-refractivity contribution < 1.29 is 24.5 Å². The van der Waals surface area contributed by atoms with E-state index in [0.29, 0.717) is 5.92 Å². The Bertz CT molecular complexity index is 238. The third-order valence-electron chi connectivity index (χ3n) is 2.06. The van der Waals surface area contributed by atoms with Crippen LogP contribution in [-0.4, -0.2) is 40.9 Å². The van der Waals surface area contributed by atoms with E-state index in [1.807, 2.05) is 0 Å². The number of aliphatic carboxylic acids is 2. The van der Waals surface area contributed by atoms with Crippen LogP contribution in [0.5, 0.6) is 0 Å². The first-order valence-corrected chi connectivity index (χ1v) is 4.35. The zero-order chi connectivity index (χ0) is 10.7. The molecule has 1 aliphatic carbocycles.